The highest BCUT2D eigenvalue weighted by atomic mass is 16.5. The van der Waals surface area contributed by atoms with Crippen molar-refractivity contribution in [2.24, 2.45) is 0 Å². The van der Waals surface area contributed by atoms with E-state index in [2.05, 4.69) is 4.74 Å². The van der Waals surface area contributed by atoms with Crippen molar-refractivity contribution in [1.29, 1.82) is 0 Å². The van der Waals surface area contributed by atoms with Crippen LogP contribution in [-0.4, -0.2) is 47.7 Å². The van der Waals surface area contributed by atoms with Gasteiger partial charge in [0.05, 0.1) is 6.10 Å². The van der Waals surface area contributed by atoms with E-state index in [1.807, 2.05) is 0 Å². The van der Waals surface area contributed by atoms with Crippen LogP contribution in [0.15, 0.2) is 0 Å². The van der Waals surface area contributed by atoms with Gasteiger partial charge in [0.2, 0.25) is 0 Å². The molecule has 1 atom stereocenters. The van der Waals surface area contributed by atoms with Crippen molar-refractivity contribution in [1.82, 2.24) is 4.90 Å². The van der Waals surface area contributed by atoms with Crippen molar-refractivity contribution in [3.8, 4) is 0 Å². The highest BCUT2D eigenvalue weighted by Gasteiger charge is 2.24. The fraction of sp³-hybridized carbons (Fsp3) is 0.750. The third kappa shape index (κ3) is 3.02. The van der Waals surface area contributed by atoms with Crippen LogP contribution in [0, 0.1) is 0 Å². The summed E-state index contributed by atoms with van der Waals surface area (Å²) in [5, 5.41) is 8.98. The predicted octanol–water partition coefficient (Wildman–Crippen LogP) is -0.857. The van der Waals surface area contributed by atoms with Crippen molar-refractivity contribution < 1.29 is 19.4 Å². The molecule has 1 aliphatic rings. The fourth-order valence-corrected chi connectivity index (χ4v) is 1.07. The van der Waals surface area contributed by atoms with Gasteiger partial charge in [0.25, 0.3) is 5.91 Å². The molecule has 0 saturated carbocycles. The Bertz CT molecular complexity index is 214. The summed E-state index contributed by atoms with van der Waals surface area (Å²) in [6, 6.07) is 0. The molecule has 13 heavy (non-hydrogen) atoms. The molecule has 5 heteroatoms. The van der Waals surface area contributed by atoms with E-state index >= 15 is 0 Å². The standard InChI is InChI=1S/C8H13NO4/c1-6(10)2-3-9-4-8(12)13-5-7(9)11/h6,10H,2-5H2,1H3. The van der Waals surface area contributed by atoms with E-state index in [1.165, 1.54) is 4.90 Å². The van der Waals surface area contributed by atoms with Gasteiger partial charge in [-0.1, -0.05) is 0 Å². The second-order valence-electron chi connectivity index (χ2n) is 3.11. The van der Waals surface area contributed by atoms with Gasteiger partial charge in [-0.3, -0.25) is 9.59 Å². The molecular weight excluding hydrogens is 174 g/mol. The van der Waals surface area contributed by atoms with Gasteiger partial charge in [-0.25, -0.2) is 0 Å². The Balaban J connectivity index is 2.38. The molecule has 1 fully saturated rings. The number of rotatable bonds is 3. The molecule has 0 spiro atoms. The summed E-state index contributed by atoms with van der Waals surface area (Å²) in [4.78, 5) is 23.3. The molecular formula is C8H13NO4. The lowest BCUT2D eigenvalue weighted by molar-refractivity contribution is -0.162. The molecule has 1 aliphatic heterocycles. The molecule has 1 rings (SSSR count). The summed E-state index contributed by atoms with van der Waals surface area (Å²) in [5.41, 5.74) is 0. The number of nitrogens with zero attached hydrogens (tertiary/aromatic N) is 1. The number of amides is 1. The average Bonchev–Trinajstić information content (AvgIpc) is 2.06. The largest absolute Gasteiger partial charge is 0.454 e. The Kier molecular flexibility index (Phi) is 3.25. The molecule has 0 bridgehead atoms. The van der Waals surface area contributed by atoms with E-state index in [0.717, 1.165) is 0 Å². The fourth-order valence-electron chi connectivity index (χ4n) is 1.07. The number of carbonyl (C=O) groups excluding carboxylic acids is 2. The minimum absolute atomic E-state index is 0.00551. The molecule has 5 nitrogen and oxygen atoms in total. The van der Waals surface area contributed by atoms with Crippen LogP contribution < -0.4 is 0 Å². The number of hydrogen-bond acceptors (Lipinski definition) is 4. The molecule has 0 radical (unpaired) electrons. The number of morpholine rings is 1. The summed E-state index contributed by atoms with van der Waals surface area (Å²) < 4.78 is 4.53. The SMILES string of the molecule is CC(O)CCN1CC(=O)OCC1=O. The van der Waals surface area contributed by atoms with Gasteiger partial charge in [-0.15, -0.1) is 0 Å². The van der Waals surface area contributed by atoms with E-state index in [1.54, 1.807) is 6.92 Å². The van der Waals surface area contributed by atoms with Crippen LogP contribution in [-0.2, 0) is 14.3 Å². The van der Waals surface area contributed by atoms with E-state index in [-0.39, 0.29) is 25.0 Å². The van der Waals surface area contributed by atoms with Gasteiger partial charge in [0.1, 0.15) is 6.54 Å². The Morgan fingerprint density at radius 3 is 2.92 bits per heavy atom. The summed E-state index contributed by atoms with van der Waals surface area (Å²) in [7, 11) is 0. The van der Waals surface area contributed by atoms with Crippen LogP contribution in [0.5, 0.6) is 0 Å². The van der Waals surface area contributed by atoms with Gasteiger partial charge in [-0.2, -0.15) is 0 Å². The number of carbonyl (C=O) groups is 2. The lowest BCUT2D eigenvalue weighted by Gasteiger charge is -2.26. The summed E-state index contributed by atoms with van der Waals surface area (Å²) in [5.74, 6) is -0.578. The first kappa shape index (κ1) is 9.98. The van der Waals surface area contributed by atoms with Crippen LogP contribution in [0.25, 0.3) is 0 Å². The van der Waals surface area contributed by atoms with Gasteiger partial charge < -0.3 is 14.7 Å². The number of aliphatic hydroxyl groups is 1. The minimum Gasteiger partial charge on any atom is -0.454 e. The summed E-state index contributed by atoms with van der Waals surface area (Å²) >= 11 is 0. The van der Waals surface area contributed by atoms with Gasteiger partial charge >= 0.3 is 5.97 Å². The normalized spacial score (nSPS) is 20.0. The number of hydrogen-bond donors (Lipinski definition) is 1. The molecule has 1 N–H and O–H groups in total. The molecule has 74 valence electrons. The average molecular weight is 187 g/mol. The maximum Gasteiger partial charge on any atom is 0.326 e. The zero-order valence-corrected chi connectivity index (χ0v) is 7.52. The molecule has 0 aromatic carbocycles. The van der Waals surface area contributed by atoms with E-state index in [4.69, 9.17) is 5.11 Å². The third-order valence-corrected chi connectivity index (χ3v) is 1.85. The number of ether oxygens (including phenoxy) is 1. The molecule has 1 heterocycles. The van der Waals surface area contributed by atoms with E-state index in [9.17, 15) is 9.59 Å². The second kappa shape index (κ2) is 4.23. The molecule has 0 aliphatic carbocycles. The molecule has 1 amide bonds. The maximum atomic E-state index is 11.1. The van der Waals surface area contributed by atoms with Crippen LogP contribution >= 0.6 is 0 Å². The van der Waals surface area contributed by atoms with Gasteiger partial charge in [0, 0.05) is 6.54 Å². The van der Waals surface area contributed by atoms with Crippen LogP contribution in [0.1, 0.15) is 13.3 Å². The Morgan fingerprint density at radius 2 is 2.31 bits per heavy atom. The Hall–Kier alpha value is -1.10. The Morgan fingerprint density at radius 1 is 1.62 bits per heavy atom. The van der Waals surface area contributed by atoms with Gasteiger partial charge in [0.15, 0.2) is 6.61 Å². The second-order valence-corrected chi connectivity index (χ2v) is 3.11. The monoisotopic (exact) mass is 187 g/mol. The van der Waals surface area contributed by atoms with E-state index < -0.39 is 6.10 Å². The van der Waals surface area contributed by atoms with Crippen LogP contribution in [0.3, 0.4) is 0 Å². The van der Waals surface area contributed by atoms with Crippen LogP contribution in [0.4, 0.5) is 0 Å². The van der Waals surface area contributed by atoms with E-state index in [0.29, 0.717) is 13.0 Å². The first-order valence-corrected chi connectivity index (χ1v) is 4.21. The molecule has 1 unspecified atom stereocenters. The highest BCUT2D eigenvalue weighted by Crippen LogP contribution is 2.02. The smallest absolute Gasteiger partial charge is 0.326 e. The van der Waals surface area contributed by atoms with Crippen molar-refractivity contribution in [3.05, 3.63) is 0 Å². The number of aliphatic hydroxyl groups excluding tert-OH is 1. The summed E-state index contributed by atoms with van der Waals surface area (Å²) in [6.07, 6.45) is 0.0321. The third-order valence-electron chi connectivity index (χ3n) is 1.85. The lowest BCUT2D eigenvalue weighted by atomic mass is 10.2. The first-order valence-electron chi connectivity index (χ1n) is 4.21. The Labute approximate surface area is 76.3 Å². The minimum atomic E-state index is -0.453. The lowest BCUT2D eigenvalue weighted by Crippen LogP contribution is -2.45. The number of esters is 1. The number of cyclic esters (lactones) is 1. The van der Waals surface area contributed by atoms with Crippen molar-refractivity contribution in [3.63, 3.8) is 0 Å². The first-order chi connectivity index (χ1) is 6.09. The molecule has 0 aromatic heterocycles. The quantitative estimate of drug-likeness (QED) is 0.584. The van der Waals surface area contributed by atoms with Crippen molar-refractivity contribution in [2.75, 3.05) is 19.7 Å². The van der Waals surface area contributed by atoms with Crippen LogP contribution in [0.2, 0.25) is 0 Å². The van der Waals surface area contributed by atoms with Crippen molar-refractivity contribution in [2.45, 2.75) is 19.4 Å². The zero-order chi connectivity index (χ0) is 9.84. The molecule has 0 aromatic rings. The van der Waals surface area contributed by atoms with Gasteiger partial charge in [-0.05, 0) is 13.3 Å². The predicted molar refractivity (Wildman–Crippen MR) is 43.8 cm³/mol. The molecule has 1 saturated heterocycles. The zero-order valence-electron chi connectivity index (χ0n) is 7.52. The topological polar surface area (TPSA) is 66.8 Å². The summed E-state index contributed by atoms with van der Waals surface area (Å²) in [6.45, 7) is 1.89. The van der Waals surface area contributed by atoms with Crippen molar-refractivity contribution >= 4 is 11.9 Å². The highest BCUT2D eigenvalue weighted by molar-refractivity contribution is 5.87. The maximum absolute atomic E-state index is 11.1.